The van der Waals surface area contributed by atoms with Crippen LogP contribution < -0.4 is 10.2 Å². The molecule has 3 aliphatic rings. The number of nitrogens with one attached hydrogen (secondary N) is 2. The second-order valence-corrected chi connectivity index (χ2v) is 8.84. The molecule has 6 rings (SSSR count). The Morgan fingerprint density at radius 1 is 1.06 bits per heavy atom. The lowest BCUT2D eigenvalue weighted by molar-refractivity contribution is -0.140. The molecule has 0 radical (unpaired) electrons. The number of anilines is 1. The number of carbonyl (C=O) groups is 1. The Balaban J connectivity index is 0.000000154. The monoisotopic (exact) mass is 430 g/mol. The zero-order chi connectivity index (χ0) is 22.1. The normalized spacial score (nSPS) is 22.5. The number of fused-ring (bicyclic) bond motifs is 2. The van der Waals surface area contributed by atoms with Gasteiger partial charge in [-0.1, -0.05) is 36.4 Å². The molecule has 166 valence electrons. The Bertz CT molecular complexity index is 1130. The number of aromatic nitrogens is 1. The van der Waals surface area contributed by atoms with E-state index in [0.29, 0.717) is 12.6 Å². The second kappa shape index (κ2) is 8.81. The molecule has 2 atom stereocenters. The molecular weight excluding hydrogens is 400 g/mol. The van der Waals surface area contributed by atoms with Crippen molar-refractivity contribution in [1.29, 1.82) is 0 Å². The van der Waals surface area contributed by atoms with Crippen molar-refractivity contribution in [3.8, 4) is 0 Å². The van der Waals surface area contributed by atoms with Crippen LogP contribution in [0, 0.1) is 5.92 Å². The van der Waals surface area contributed by atoms with Crippen LogP contribution in [0.5, 0.6) is 0 Å². The van der Waals surface area contributed by atoms with Crippen LogP contribution in [-0.2, 0) is 11.2 Å². The van der Waals surface area contributed by atoms with Gasteiger partial charge >= 0.3 is 5.97 Å². The molecule has 3 heterocycles. The minimum Gasteiger partial charge on any atom is -0.481 e. The van der Waals surface area contributed by atoms with E-state index in [4.69, 9.17) is 0 Å². The van der Waals surface area contributed by atoms with E-state index < -0.39 is 11.9 Å². The fourth-order valence-corrected chi connectivity index (χ4v) is 5.17. The van der Waals surface area contributed by atoms with Crippen LogP contribution in [0.2, 0.25) is 0 Å². The summed E-state index contributed by atoms with van der Waals surface area (Å²) in [6, 6.07) is 17.1. The highest BCUT2D eigenvalue weighted by Crippen LogP contribution is 2.40. The molecule has 6 heteroatoms. The maximum Gasteiger partial charge on any atom is 0.311 e. The van der Waals surface area contributed by atoms with E-state index in [1.807, 2.05) is 19.2 Å². The highest BCUT2D eigenvalue weighted by Gasteiger charge is 2.35. The van der Waals surface area contributed by atoms with Gasteiger partial charge in [-0.05, 0) is 48.4 Å². The van der Waals surface area contributed by atoms with Crippen LogP contribution in [0.4, 0.5) is 5.69 Å². The summed E-state index contributed by atoms with van der Waals surface area (Å²) in [5, 5.41) is 13.9. The molecule has 2 aromatic carbocycles. The number of benzene rings is 2. The first-order valence-corrected chi connectivity index (χ1v) is 11.4. The molecule has 1 aromatic heterocycles. The number of likely N-dealkylation sites (N-methyl/N-ethyl adjacent to an activating group) is 1. The molecule has 32 heavy (non-hydrogen) atoms. The van der Waals surface area contributed by atoms with Gasteiger partial charge in [0.15, 0.2) is 0 Å². The van der Waals surface area contributed by atoms with Gasteiger partial charge in [0.25, 0.3) is 0 Å². The van der Waals surface area contributed by atoms with Crippen molar-refractivity contribution in [2.45, 2.75) is 12.5 Å². The molecule has 3 N–H and O–H groups in total. The smallest absolute Gasteiger partial charge is 0.311 e. The number of rotatable bonds is 2. The number of hydrogen-bond donors (Lipinski definition) is 3. The predicted octanol–water partition coefficient (Wildman–Crippen LogP) is 3.22. The van der Waals surface area contributed by atoms with Gasteiger partial charge in [-0.2, -0.15) is 0 Å². The van der Waals surface area contributed by atoms with Gasteiger partial charge in [0.05, 0.1) is 5.92 Å². The zero-order valence-electron chi connectivity index (χ0n) is 18.4. The molecule has 0 amide bonds. The number of carboxylic acid groups (broad SMARTS) is 1. The molecule has 2 aliphatic heterocycles. The Labute approximate surface area is 188 Å². The van der Waals surface area contributed by atoms with Crippen LogP contribution in [0.15, 0.2) is 60.8 Å². The number of aromatic amines is 1. The number of aliphatic carboxylic acids is 1. The number of hydrogen-bond acceptors (Lipinski definition) is 4. The molecule has 1 saturated heterocycles. The van der Waals surface area contributed by atoms with Crippen molar-refractivity contribution < 1.29 is 9.90 Å². The highest BCUT2D eigenvalue weighted by molar-refractivity contribution is 5.99. The largest absolute Gasteiger partial charge is 0.481 e. The lowest BCUT2D eigenvalue weighted by Gasteiger charge is -2.38. The van der Waals surface area contributed by atoms with E-state index in [9.17, 15) is 9.90 Å². The molecule has 1 aliphatic carbocycles. The first-order valence-electron chi connectivity index (χ1n) is 11.4. The molecule has 0 bridgehead atoms. The summed E-state index contributed by atoms with van der Waals surface area (Å²) >= 11 is 0. The summed E-state index contributed by atoms with van der Waals surface area (Å²) in [4.78, 5) is 19.2. The van der Waals surface area contributed by atoms with Crippen molar-refractivity contribution in [2.24, 2.45) is 5.92 Å². The lowest BCUT2D eigenvalue weighted by Crippen LogP contribution is -2.44. The van der Waals surface area contributed by atoms with Crippen LogP contribution in [0.3, 0.4) is 0 Å². The zero-order valence-corrected chi connectivity index (χ0v) is 18.4. The number of piperazine rings is 1. The number of nitrogens with zero attached hydrogens (tertiary/aromatic N) is 2. The highest BCUT2D eigenvalue weighted by atomic mass is 16.4. The average molecular weight is 431 g/mol. The number of para-hydroxylation sites is 1. The van der Waals surface area contributed by atoms with E-state index in [1.165, 1.54) is 27.8 Å². The van der Waals surface area contributed by atoms with Gasteiger partial charge in [0, 0.05) is 61.6 Å². The standard InChI is InChI=1S/C16H16N2O2.C10H14N2/c1-18-8-10(16(19)20)5-12-11-3-2-4-13-15(11)9(7-17-13)6-14(12)18;1-2-4-10(5-3-1)12-8-6-11-7-9-12/h2-5,7,10,14,17H,6,8H2,1H3,(H,19,20);1-5,11H,6-9H2/t10-,14-;/m1./s1. The van der Waals surface area contributed by atoms with Crippen LogP contribution in [0.1, 0.15) is 11.1 Å². The first kappa shape index (κ1) is 20.8. The Morgan fingerprint density at radius 3 is 2.59 bits per heavy atom. The fraction of sp³-hybridized carbons (Fsp3) is 0.346. The van der Waals surface area contributed by atoms with Crippen molar-refractivity contribution >= 4 is 28.1 Å². The molecule has 0 unspecified atom stereocenters. The van der Waals surface area contributed by atoms with Gasteiger partial charge in [-0.25, -0.2) is 0 Å². The van der Waals surface area contributed by atoms with Gasteiger partial charge in [0.1, 0.15) is 0 Å². The summed E-state index contributed by atoms with van der Waals surface area (Å²) in [7, 11) is 2.02. The molecule has 6 nitrogen and oxygen atoms in total. The fourth-order valence-electron chi connectivity index (χ4n) is 5.17. The summed E-state index contributed by atoms with van der Waals surface area (Å²) < 4.78 is 0. The van der Waals surface area contributed by atoms with Gasteiger partial charge < -0.3 is 20.3 Å². The third-order valence-corrected chi connectivity index (χ3v) is 6.82. The van der Waals surface area contributed by atoms with Gasteiger partial charge in [-0.3, -0.25) is 9.69 Å². The van der Waals surface area contributed by atoms with E-state index in [2.05, 4.69) is 68.8 Å². The maximum atomic E-state index is 11.3. The first-order chi connectivity index (χ1) is 15.6. The SMILES string of the molecule is CN1C[C@H](C(=O)O)C=C2c3cccc4[nH]cc(c34)C[C@H]21.c1ccc(N2CCNCC2)cc1. The van der Waals surface area contributed by atoms with Gasteiger partial charge in [0.2, 0.25) is 0 Å². The Hall–Kier alpha value is -3.09. The summed E-state index contributed by atoms with van der Waals surface area (Å²) in [5.41, 5.74) is 6.17. The summed E-state index contributed by atoms with van der Waals surface area (Å²) in [6.45, 7) is 5.05. The van der Waals surface area contributed by atoms with E-state index in [-0.39, 0.29) is 0 Å². The molecular formula is C26H30N4O2. The minimum atomic E-state index is -0.741. The predicted molar refractivity (Wildman–Crippen MR) is 129 cm³/mol. The lowest BCUT2D eigenvalue weighted by atomic mass is 9.80. The van der Waals surface area contributed by atoms with Crippen molar-refractivity contribution in [1.82, 2.24) is 15.2 Å². The summed E-state index contributed by atoms with van der Waals surface area (Å²) in [5.74, 6) is -1.16. The Kier molecular flexibility index (Phi) is 5.72. The third kappa shape index (κ3) is 3.92. The van der Waals surface area contributed by atoms with Crippen molar-refractivity contribution in [3.63, 3.8) is 0 Å². The van der Waals surface area contributed by atoms with Crippen molar-refractivity contribution in [3.05, 3.63) is 71.9 Å². The van der Waals surface area contributed by atoms with Gasteiger partial charge in [-0.15, -0.1) is 0 Å². The Morgan fingerprint density at radius 2 is 1.84 bits per heavy atom. The average Bonchev–Trinajstić information content (AvgIpc) is 3.25. The minimum absolute atomic E-state index is 0.291. The summed E-state index contributed by atoms with van der Waals surface area (Å²) in [6.07, 6.45) is 4.99. The van der Waals surface area contributed by atoms with Crippen LogP contribution >= 0.6 is 0 Å². The van der Waals surface area contributed by atoms with E-state index in [0.717, 1.165) is 38.1 Å². The van der Waals surface area contributed by atoms with Crippen molar-refractivity contribution in [2.75, 3.05) is 44.7 Å². The van der Waals surface area contributed by atoms with Crippen LogP contribution in [0.25, 0.3) is 16.5 Å². The number of H-pyrrole nitrogens is 1. The van der Waals surface area contributed by atoms with Crippen LogP contribution in [-0.4, -0.2) is 66.8 Å². The second-order valence-electron chi connectivity index (χ2n) is 8.84. The number of carboxylic acids is 1. The third-order valence-electron chi connectivity index (χ3n) is 6.82. The molecule has 0 saturated carbocycles. The van der Waals surface area contributed by atoms with E-state index >= 15 is 0 Å². The quantitative estimate of drug-likeness (QED) is 0.582. The topological polar surface area (TPSA) is 71.6 Å². The molecule has 1 fully saturated rings. The molecule has 3 aromatic rings. The maximum absolute atomic E-state index is 11.3. The molecule has 0 spiro atoms. The van der Waals surface area contributed by atoms with E-state index in [1.54, 1.807) is 0 Å².